The Labute approximate surface area is 297 Å². The van der Waals surface area contributed by atoms with Crippen molar-refractivity contribution in [1.29, 1.82) is 0 Å². The van der Waals surface area contributed by atoms with Gasteiger partial charge < -0.3 is 20.3 Å². The van der Waals surface area contributed by atoms with E-state index in [9.17, 15) is 22.4 Å². The average molecular weight is 754 g/mol. The molecule has 1 aromatic carbocycles. The molecule has 0 bridgehead atoms. The first kappa shape index (κ1) is 34.0. The summed E-state index contributed by atoms with van der Waals surface area (Å²) in [7, 11) is 0. The summed E-state index contributed by atoms with van der Waals surface area (Å²) < 4.78 is 81.7. The van der Waals surface area contributed by atoms with Gasteiger partial charge in [0.05, 0.1) is 32.9 Å². The van der Waals surface area contributed by atoms with Gasteiger partial charge in [-0.2, -0.15) is 27.8 Å². The first-order valence-corrected chi connectivity index (χ1v) is 17.1. The number of nitrogens with zero attached hydrogens (tertiary/aromatic N) is 9. The number of alkyl halides is 4. The van der Waals surface area contributed by atoms with E-state index in [2.05, 4.69) is 25.0 Å². The van der Waals surface area contributed by atoms with Gasteiger partial charge in [-0.25, -0.2) is 23.5 Å². The maximum atomic E-state index is 16.9. The molecule has 1 amide bonds. The molecule has 1 spiro atoms. The van der Waals surface area contributed by atoms with Gasteiger partial charge in [0.1, 0.15) is 36.3 Å². The number of rotatable bonds is 5. The van der Waals surface area contributed by atoms with Gasteiger partial charge in [-0.1, -0.05) is 11.6 Å². The number of amides is 1. The summed E-state index contributed by atoms with van der Waals surface area (Å²) >= 11 is 12.5. The predicted octanol–water partition coefficient (Wildman–Crippen LogP) is 5.92. The van der Waals surface area contributed by atoms with Crippen molar-refractivity contribution in [3.05, 3.63) is 45.7 Å². The van der Waals surface area contributed by atoms with Crippen LogP contribution in [0.2, 0.25) is 10.3 Å². The van der Waals surface area contributed by atoms with Gasteiger partial charge in [0.15, 0.2) is 5.82 Å². The second-order valence-electron chi connectivity index (χ2n) is 13.8. The predicted molar refractivity (Wildman–Crippen MR) is 177 cm³/mol. The molecule has 4 aliphatic rings. The van der Waals surface area contributed by atoms with Crippen molar-refractivity contribution in [1.82, 2.24) is 39.5 Å². The lowest BCUT2D eigenvalue weighted by Crippen LogP contribution is -2.64. The number of fused-ring (bicyclic) bond motifs is 2. The number of nitrogens with two attached hydrogens (primary N) is 1. The summed E-state index contributed by atoms with van der Waals surface area (Å²) in [4.78, 5) is 35.6. The number of likely N-dealkylation sites (tertiary alicyclic amines) is 1. The summed E-state index contributed by atoms with van der Waals surface area (Å²) in [6.07, 6.45) is -1.71. The lowest BCUT2D eigenvalue weighted by atomic mass is 9.84. The number of hydrogen-bond acceptors (Lipinski definition) is 10. The molecule has 0 aliphatic carbocycles. The van der Waals surface area contributed by atoms with Crippen LogP contribution in [0.3, 0.4) is 0 Å². The van der Waals surface area contributed by atoms with Crippen LogP contribution < -0.4 is 15.4 Å². The molecule has 4 aromatic rings. The molecule has 4 fully saturated rings. The van der Waals surface area contributed by atoms with E-state index in [0.29, 0.717) is 38.9 Å². The number of aryl methyl sites for hydroxylation is 1. The highest BCUT2D eigenvalue weighted by Crippen LogP contribution is 2.47. The molecule has 3 atom stereocenters. The van der Waals surface area contributed by atoms with Gasteiger partial charge in [0, 0.05) is 38.0 Å². The Bertz CT molecular complexity index is 2080. The molecule has 7 heterocycles. The Morgan fingerprint density at radius 2 is 1.90 bits per heavy atom. The zero-order chi connectivity index (χ0) is 36.0. The van der Waals surface area contributed by atoms with Crippen LogP contribution in [0.1, 0.15) is 43.2 Å². The number of halogens is 7. The third-order valence-electron chi connectivity index (χ3n) is 10.7. The minimum atomic E-state index is -4.91. The number of nitrogen functional groups attached to an aromatic ring is 1. The topological polar surface area (TPSA) is 131 Å². The van der Waals surface area contributed by atoms with E-state index < -0.39 is 52.1 Å². The maximum Gasteiger partial charge on any atom is 0.418 e. The van der Waals surface area contributed by atoms with Crippen LogP contribution in [-0.2, 0) is 6.18 Å². The van der Waals surface area contributed by atoms with Crippen LogP contribution in [0.4, 0.5) is 38.4 Å². The highest BCUT2D eigenvalue weighted by Gasteiger charge is 2.53. The number of benzene rings is 1. The number of anilines is 2. The van der Waals surface area contributed by atoms with Crippen molar-refractivity contribution in [2.75, 3.05) is 50.0 Å². The molecule has 0 saturated carbocycles. The smallest absolute Gasteiger partial charge is 0.418 e. The lowest BCUT2D eigenvalue weighted by molar-refractivity contribution is -0.137. The SMILES string of the molecule is Cc1cc(N)nc(-c2c(Cl)cc3c(N4CC[C@@]5(CCN5C(=O)n5cnc(Cl)n5)C4)nc(OC[C@@]45CCCN4C[C@H](F)C5)nc3c2F)c1C(F)(F)F. The fourth-order valence-corrected chi connectivity index (χ4v) is 8.73. The number of carbonyl (C=O) groups excluding carboxylic acids is 1. The fourth-order valence-electron chi connectivity index (χ4n) is 8.33. The Balaban J connectivity index is 1.22. The lowest BCUT2D eigenvalue weighted by Gasteiger charge is -2.50. The molecule has 3 aromatic heterocycles. The Morgan fingerprint density at radius 3 is 2.61 bits per heavy atom. The molecule has 51 heavy (non-hydrogen) atoms. The van der Waals surface area contributed by atoms with Crippen LogP contribution in [-0.4, -0.2) is 102 Å². The molecule has 0 radical (unpaired) electrons. The number of pyridine rings is 1. The molecule has 19 heteroatoms. The van der Waals surface area contributed by atoms with E-state index >= 15 is 4.39 Å². The minimum absolute atomic E-state index is 0.0291. The molecule has 4 saturated heterocycles. The normalized spacial score (nSPS) is 24.9. The van der Waals surface area contributed by atoms with Gasteiger partial charge in [0.2, 0.25) is 5.28 Å². The molecule has 12 nitrogen and oxygen atoms in total. The maximum absolute atomic E-state index is 16.9. The van der Waals surface area contributed by atoms with Crippen LogP contribution in [0.5, 0.6) is 6.01 Å². The van der Waals surface area contributed by atoms with Crippen LogP contribution in [0, 0.1) is 12.7 Å². The Kier molecular flexibility index (Phi) is 7.99. The third kappa shape index (κ3) is 5.58. The summed E-state index contributed by atoms with van der Waals surface area (Å²) in [6, 6.07) is 1.72. The summed E-state index contributed by atoms with van der Waals surface area (Å²) in [6.45, 7) is 3.34. The standard InChI is InChI=1S/C32H31Cl2F5N10O2/c1-16-9-20(40)42-25(22(16)32(37,38)39)21-19(33)10-18-24(23(21)36)43-28(51-14-31-3-2-6-47(31)12-17(35)11-31)44-26(18)46-7-4-30(13-46)5-8-48(30)29(50)49-15-41-27(34)45-49/h9-10,15,17H,2-8,11-14H2,1H3,(H2,40,42)/t17-,30-,31+/m1/s1. The van der Waals surface area contributed by atoms with E-state index in [1.54, 1.807) is 4.90 Å². The van der Waals surface area contributed by atoms with Gasteiger partial charge in [0.25, 0.3) is 0 Å². The second kappa shape index (κ2) is 12.0. The second-order valence-corrected chi connectivity index (χ2v) is 14.5. The largest absolute Gasteiger partial charge is 0.461 e. The highest BCUT2D eigenvalue weighted by atomic mass is 35.5. The van der Waals surface area contributed by atoms with Crippen LogP contribution in [0.15, 0.2) is 18.5 Å². The van der Waals surface area contributed by atoms with Crippen molar-refractivity contribution in [3.63, 3.8) is 0 Å². The van der Waals surface area contributed by atoms with Crippen molar-refractivity contribution < 1.29 is 31.5 Å². The van der Waals surface area contributed by atoms with Gasteiger partial charge in [-0.05, 0) is 68.4 Å². The minimum Gasteiger partial charge on any atom is -0.461 e. The molecular formula is C32H31Cl2F5N10O2. The molecule has 0 unspecified atom stereocenters. The zero-order valence-electron chi connectivity index (χ0n) is 27.2. The summed E-state index contributed by atoms with van der Waals surface area (Å²) in [5.74, 6) is -1.21. The van der Waals surface area contributed by atoms with Crippen molar-refractivity contribution in [2.24, 2.45) is 0 Å². The third-order valence-corrected chi connectivity index (χ3v) is 11.2. The number of ether oxygens (including phenoxy) is 1. The molecule has 270 valence electrons. The first-order chi connectivity index (χ1) is 24.2. The fraction of sp³-hybridized carbons (Fsp3) is 0.500. The number of aromatic nitrogens is 6. The van der Waals surface area contributed by atoms with Crippen LogP contribution >= 0.6 is 23.2 Å². The molecule has 4 aliphatic heterocycles. The summed E-state index contributed by atoms with van der Waals surface area (Å²) in [5, 5.41) is 3.61. The van der Waals surface area contributed by atoms with Crippen molar-refractivity contribution >= 4 is 51.8 Å². The number of hydrogen-bond donors (Lipinski definition) is 1. The molecule has 8 rings (SSSR count). The highest BCUT2D eigenvalue weighted by molar-refractivity contribution is 6.34. The zero-order valence-corrected chi connectivity index (χ0v) is 28.7. The van der Waals surface area contributed by atoms with E-state index in [4.69, 9.17) is 33.7 Å². The molecule has 2 N–H and O–H groups in total. The quantitative estimate of drug-likeness (QED) is 0.245. The average Bonchev–Trinajstić information content (AvgIpc) is 3.82. The summed E-state index contributed by atoms with van der Waals surface area (Å²) in [5.41, 5.74) is 1.45. The van der Waals surface area contributed by atoms with E-state index in [1.165, 1.54) is 19.3 Å². The van der Waals surface area contributed by atoms with Crippen molar-refractivity contribution in [2.45, 2.75) is 62.5 Å². The Morgan fingerprint density at radius 1 is 1.12 bits per heavy atom. The van der Waals surface area contributed by atoms with E-state index in [-0.39, 0.29) is 70.5 Å². The molecular weight excluding hydrogens is 722 g/mol. The first-order valence-electron chi connectivity index (χ1n) is 16.4. The van der Waals surface area contributed by atoms with Crippen LogP contribution in [0.25, 0.3) is 22.2 Å². The van der Waals surface area contributed by atoms with Gasteiger partial charge in [-0.3, -0.25) is 4.90 Å². The Hall–Kier alpha value is -4.09. The van der Waals surface area contributed by atoms with Gasteiger partial charge >= 0.3 is 18.2 Å². The van der Waals surface area contributed by atoms with Gasteiger partial charge in [-0.15, -0.1) is 5.10 Å². The monoisotopic (exact) mass is 752 g/mol. The van der Waals surface area contributed by atoms with E-state index in [0.717, 1.165) is 17.2 Å². The van der Waals surface area contributed by atoms with Crippen molar-refractivity contribution in [3.8, 4) is 17.3 Å². The number of carbonyl (C=O) groups is 1. The van der Waals surface area contributed by atoms with E-state index in [1.807, 2.05) is 9.80 Å².